The Balaban J connectivity index is 2.12. The molecule has 74 valence electrons. The van der Waals surface area contributed by atoms with E-state index >= 15 is 0 Å². The number of nitrogens with zero attached hydrogens (tertiary/aromatic N) is 3. The first-order valence-electron chi connectivity index (χ1n) is 4.92. The number of aromatic nitrogens is 2. The maximum Gasteiger partial charge on any atom is 0.0693 e. The first kappa shape index (κ1) is 9.60. The average molecular weight is 207 g/mol. The van der Waals surface area contributed by atoms with Crippen LogP contribution in [0.5, 0.6) is 0 Å². The van der Waals surface area contributed by atoms with E-state index in [1.165, 1.54) is 18.0 Å². The molecule has 0 saturated heterocycles. The zero-order valence-corrected chi connectivity index (χ0v) is 9.05. The van der Waals surface area contributed by atoms with E-state index in [0.717, 1.165) is 24.1 Å². The molecule has 14 heavy (non-hydrogen) atoms. The van der Waals surface area contributed by atoms with Crippen molar-refractivity contribution >= 4 is 11.5 Å². The highest BCUT2D eigenvalue weighted by Gasteiger charge is 2.38. The molecule has 0 radical (unpaired) electrons. The van der Waals surface area contributed by atoms with Gasteiger partial charge < -0.3 is 0 Å². The van der Waals surface area contributed by atoms with Gasteiger partial charge in [0.25, 0.3) is 0 Å². The molecule has 4 heteroatoms. The van der Waals surface area contributed by atoms with Gasteiger partial charge in [0, 0.05) is 11.3 Å². The molecule has 1 fully saturated rings. The minimum absolute atomic E-state index is 0.131. The van der Waals surface area contributed by atoms with Crippen molar-refractivity contribution in [3.63, 3.8) is 0 Å². The summed E-state index contributed by atoms with van der Waals surface area (Å²) in [4.78, 5) is 1.14. The highest BCUT2D eigenvalue weighted by Crippen LogP contribution is 2.43. The Morgan fingerprint density at radius 1 is 1.79 bits per heavy atom. The normalized spacial score (nSPS) is 31.6. The third-order valence-corrected chi connectivity index (χ3v) is 3.67. The Morgan fingerprint density at radius 3 is 3.14 bits per heavy atom. The first-order valence-corrected chi connectivity index (χ1v) is 5.69. The van der Waals surface area contributed by atoms with E-state index in [-0.39, 0.29) is 5.41 Å². The van der Waals surface area contributed by atoms with Gasteiger partial charge in [-0.25, -0.2) is 0 Å². The van der Waals surface area contributed by atoms with E-state index in [4.69, 9.17) is 0 Å². The fourth-order valence-corrected chi connectivity index (χ4v) is 2.93. The monoisotopic (exact) mass is 207 g/mol. The molecule has 1 aliphatic rings. The van der Waals surface area contributed by atoms with Crippen molar-refractivity contribution in [3.05, 3.63) is 11.1 Å². The van der Waals surface area contributed by atoms with Crippen molar-refractivity contribution in [1.82, 2.24) is 9.59 Å². The molecule has 1 aliphatic carbocycles. The molecule has 1 aromatic rings. The molecule has 0 spiro atoms. The fraction of sp³-hybridized carbons (Fsp3) is 0.700. The number of hydrogen-bond donors (Lipinski definition) is 0. The summed E-state index contributed by atoms with van der Waals surface area (Å²) in [5.74, 6) is 0.690. The van der Waals surface area contributed by atoms with Gasteiger partial charge in [0.2, 0.25) is 0 Å². The zero-order chi connectivity index (χ0) is 10.0. The number of rotatable bonds is 2. The molecule has 0 aromatic carbocycles. The summed E-state index contributed by atoms with van der Waals surface area (Å²) in [6.45, 7) is 2.23. The number of hydrogen-bond acceptors (Lipinski definition) is 4. The molecule has 2 atom stereocenters. The van der Waals surface area contributed by atoms with Crippen LogP contribution in [0.4, 0.5) is 0 Å². The number of nitriles is 1. The molecule has 2 unspecified atom stereocenters. The van der Waals surface area contributed by atoms with Crippen LogP contribution in [0.2, 0.25) is 0 Å². The van der Waals surface area contributed by atoms with Gasteiger partial charge in [-0.3, -0.25) is 0 Å². The largest absolute Gasteiger partial charge is 0.198 e. The van der Waals surface area contributed by atoms with Crippen LogP contribution >= 0.6 is 11.5 Å². The Labute approximate surface area is 87.9 Å². The molecule has 0 bridgehead atoms. The van der Waals surface area contributed by atoms with Crippen LogP contribution < -0.4 is 0 Å². The minimum Gasteiger partial charge on any atom is -0.198 e. The van der Waals surface area contributed by atoms with Gasteiger partial charge in [-0.2, -0.15) is 5.26 Å². The second-order valence-electron chi connectivity index (χ2n) is 4.30. The molecular weight excluding hydrogens is 194 g/mol. The maximum atomic E-state index is 9.25. The molecule has 2 rings (SSSR count). The third kappa shape index (κ3) is 1.78. The third-order valence-electron chi connectivity index (χ3n) is 3.01. The van der Waals surface area contributed by atoms with Crippen LogP contribution in [0.25, 0.3) is 0 Å². The van der Waals surface area contributed by atoms with Gasteiger partial charge in [0.15, 0.2) is 0 Å². The van der Waals surface area contributed by atoms with Crippen molar-refractivity contribution in [1.29, 1.82) is 5.26 Å². The van der Waals surface area contributed by atoms with Crippen molar-refractivity contribution in [2.45, 2.75) is 32.6 Å². The molecule has 0 amide bonds. The van der Waals surface area contributed by atoms with Crippen LogP contribution in [0.3, 0.4) is 0 Å². The molecule has 1 saturated carbocycles. The minimum atomic E-state index is -0.131. The topological polar surface area (TPSA) is 49.6 Å². The summed E-state index contributed by atoms with van der Waals surface area (Å²) >= 11 is 1.41. The molecule has 1 aromatic heterocycles. The fourth-order valence-electron chi connectivity index (χ4n) is 2.29. The Morgan fingerprint density at radius 2 is 2.64 bits per heavy atom. The second kappa shape index (κ2) is 3.66. The van der Waals surface area contributed by atoms with E-state index in [2.05, 4.69) is 22.6 Å². The lowest BCUT2D eigenvalue weighted by molar-refractivity contribution is 0.394. The van der Waals surface area contributed by atoms with Crippen molar-refractivity contribution < 1.29 is 0 Å². The Bertz CT molecular complexity index is 341. The highest BCUT2D eigenvalue weighted by atomic mass is 32.1. The van der Waals surface area contributed by atoms with Gasteiger partial charge in [-0.15, -0.1) is 5.10 Å². The van der Waals surface area contributed by atoms with E-state index in [1.807, 2.05) is 0 Å². The van der Waals surface area contributed by atoms with E-state index in [1.54, 1.807) is 6.20 Å². The van der Waals surface area contributed by atoms with Crippen molar-refractivity contribution in [2.75, 3.05) is 0 Å². The van der Waals surface area contributed by atoms with Gasteiger partial charge >= 0.3 is 0 Å². The summed E-state index contributed by atoms with van der Waals surface area (Å²) in [6.07, 6.45) is 5.86. The summed E-state index contributed by atoms with van der Waals surface area (Å²) < 4.78 is 3.83. The van der Waals surface area contributed by atoms with Gasteiger partial charge in [-0.1, -0.05) is 11.4 Å². The second-order valence-corrected chi connectivity index (χ2v) is 5.17. The van der Waals surface area contributed by atoms with Crippen molar-refractivity contribution in [3.8, 4) is 6.07 Å². The first-order chi connectivity index (χ1) is 6.74. The van der Waals surface area contributed by atoms with Crippen molar-refractivity contribution in [2.24, 2.45) is 11.3 Å². The lowest BCUT2D eigenvalue weighted by atomic mass is 9.83. The SMILES string of the molecule is CC1CCC(C#N)(Cc2cnns2)C1. The molecule has 1 heterocycles. The Hall–Kier alpha value is -0.950. The average Bonchev–Trinajstić information content (AvgIpc) is 2.77. The van der Waals surface area contributed by atoms with E-state index in [0.29, 0.717) is 5.92 Å². The maximum absolute atomic E-state index is 9.25. The van der Waals surface area contributed by atoms with Crippen LogP contribution in [-0.2, 0) is 6.42 Å². The molecule has 0 N–H and O–H groups in total. The predicted octanol–water partition coefficient (Wildman–Crippen LogP) is 2.41. The predicted molar refractivity (Wildman–Crippen MR) is 54.7 cm³/mol. The molecule has 3 nitrogen and oxygen atoms in total. The quantitative estimate of drug-likeness (QED) is 0.748. The summed E-state index contributed by atoms with van der Waals surface area (Å²) in [5, 5.41) is 13.1. The van der Waals surface area contributed by atoms with Crippen LogP contribution in [0.1, 0.15) is 31.1 Å². The zero-order valence-electron chi connectivity index (χ0n) is 8.23. The molecular formula is C10H13N3S. The lowest BCUT2D eigenvalue weighted by Crippen LogP contribution is -2.17. The van der Waals surface area contributed by atoms with Crippen LogP contribution in [-0.4, -0.2) is 9.59 Å². The van der Waals surface area contributed by atoms with E-state index in [9.17, 15) is 5.26 Å². The highest BCUT2D eigenvalue weighted by molar-refractivity contribution is 7.05. The summed E-state index contributed by atoms with van der Waals surface area (Å²) in [6, 6.07) is 2.50. The molecule has 0 aliphatic heterocycles. The summed E-state index contributed by atoms with van der Waals surface area (Å²) in [5.41, 5.74) is -0.131. The standard InChI is InChI=1S/C10H13N3S/c1-8-2-3-10(4-8,7-11)5-9-6-12-13-14-9/h6,8H,2-5H2,1H3. The Kier molecular flexibility index (Phi) is 2.51. The van der Waals surface area contributed by atoms with Crippen LogP contribution in [0.15, 0.2) is 6.20 Å². The van der Waals surface area contributed by atoms with Gasteiger partial charge in [0.05, 0.1) is 17.7 Å². The van der Waals surface area contributed by atoms with Gasteiger partial charge in [-0.05, 0) is 36.7 Å². The summed E-state index contributed by atoms with van der Waals surface area (Å²) in [7, 11) is 0. The lowest BCUT2D eigenvalue weighted by Gasteiger charge is -2.18. The smallest absolute Gasteiger partial charge is 0.0693 e. The van der Waals surface area contributed by atoms with Gasteiger partial charge in [0.1, 0.15) is 0 Å². The van der Waals surface area contributed by atoms with Crippen LogP contribution in [0, 0.1) is 22.7 Å². The van der Waals surface area contributed by atoms with E-state index < -0.39 is 0 Å².